The third kappa shape index (κ3) is 3.02. The molecule has 1 atom stereocenters. The largest absolute Gasteiger partial charge is 0.396 e. The van der Waals surface area contributed by atoms with Gasteiger partial charge in [0.2, 0.25) is 0 Å². The highest BCUT2D eigenvalue weighted by Crippen LogP contribution is 2.33. The molecule has 100 valence electrons. The Balaban J connectivity index is 2.07. The highest BCUT2D eigenvalue weighted by molar-refractivity contribution is 7.99. The highest BCUT2D eigenvalue weighted by Gasteiger charge is 2.28. The Morgan fingerprint density at radius 3 is 3.06 bits per heavy atom. The quantitative estimate of drug-likeness (QED) is 0.867. The lowest BCUT2D eigenvalue weighted by Crippen LogP contribution is -2.28. The van der Waals surface area contributed by atoms with Gasteiger partial charge in [-0.2, -0.15) is 8.78 Å². The second-order valence-electron chi connectivity index (χ2n) is 4.08. The summed E-state index contributed by atoms with van der Waals surface area (Å²) in [4.78, 5) is 14.5. The third-order valence-electron chi connectivity index (χ3n) is 2.87. The van der Waals surface area contributed by atoms with Gasteiger partial charge in [0.15, 0.2) is 0 Å². The summed E-state index contributed by atoms with van der Waals surface area (Å²) in [6, 6.07) is 1.55. The van der Waals surface area contributed by atoms with Crippen LogP contribution in [0.3, 0.4) is 0 Å². The zero-order chi connectivity index (χ0) is 13.1. The Labute approximate surface area is 112 Å². The standard InChI is InChI=1S/C11H13F2NO2S2/c12-11(13)18-8-2-4-17-9(8)10(16)14-3-1-7(5-14)6-15/h2,4,7,11,15H,1,3,5-6H2. The smallest absolute Gasteiger partial charge is 0.288 e. The predicted molar refractivity (Wildman–Crippen MR) is 67.3 cm³/mol. The Kier molecular flexibility index (Phi) is 4.58. The van der Waals surface area contributed by atoms with E-state index in [0.29, 0.717) is 34.6 Å². The molecule has 2 rings (SSSR count). The van der Waals surface area contributed by atoms with E-state index in [2.05, 4.69) is 0 Å². The fraction of sp³-hybridized carbons (Fsp3) is 0.545. The second kappa shape index (κ2) is 5.99. The number of hydrogen-bond donors (Lipinski definition) is 1. The summed E-state index contributed by atoms with van der Waals surface area (Å²) in [5.74, 6) is -2.61. The van der Waals surface area contributed by atoms with Crippen LogP contribution < -0.4 is 0 Å². The normalized spacial score (nSPS) is 19.8. The average molecular weight is 293 g/mol. The van der Waals surface area contributed by atoms with E-state index in [1.807, 2.05) is 0 Å². The van der Waals surface area contributed by atoms with Crippen molar-refractivity contribution in [2.24, 2.45) is 5.92 Å². The minimum absolute atomic E-state index is 0.0624. The van der Waals surface area contributed by atoms with Crippen molar-refractivity contribution < 1.29 is 18.7 Å². The fourth-order valence-corrected chi connectivity index (χ4v) is 3.61. The molecule has 1 unspecified atom stereocenters. The Morgan fingerprint density at radius 2 is 2.44 bits per heavy atom. The van der Waals surface area contributed by atoms with Crippen molar-refractivity contribution >= 4 is 29.0 Å². The molecule has 0 aliphatic carbocycles. The van der Waals surface area contributed by atoms with E-state index in [1.165, 1.54) is 11.3 Å². The minimum atomic E-state index is -2.52. The van der Waals surface area contributed by atoms with Gasteiger partial charge in [-0.15, -0.1) is 11.3 Å². The van der Waals surface area contributed by atoms with Crippen LogP contribution in [0.5, 0.6) is 0 Å². The van der Waals surface area contributed by atoms with Gasteiger partial charge in [0.05, 0.1) is 0 Å². The molecule has 1 fully saturated rings. The first kappa shape index (κ1) is 13.8. The van der Waals surface area contributed by atoms with Gasteiger partial charge in [-0.3, -0.25) is 4.79 Å². The summed E-state index contributed by atoms with van der Waals surface area (Å²) in [6.07, 6.45) is 0.769. The second-order valence-corrected chi connectivity index (χ2v) is 6.03. The van der Waals surface area contributed by atoms with Gasteiger partial charge in [-0.05, 0) is 17.9 Å². The maximum atomic E-state index is 12.3. The van der Waals surface area contributed by atoms with E-state index in [0.717, 1.165) is 6.42 Å². The molecule has 1 saturated heterocycles. The SMILES string of the molecule is O=C(c1sccc1SC(F)F)N1CCC(CO)C1. The van der Waals surface area contributed by atoms with Gasteiger partial charge in [-0.1, -0.05) is 11.8 Å². The number of nitrogens with zero attached hydrogens (tertiary/aromatic N) is 1. The van der Waals surface area contributed by atoms with Crippen LogP contribution >= 0.6 is 23.1 Å². The molecule has 1 aromatic rings. The van der Waals surface area contributed by atoms with E-state index in [9.17, 15) is 13.6 Å². The van der Waals surface area contributed by atoms with Gasteiger partial charge in [0, 0.05) is 30.5 Å². The van der Waals surface area contributed by atoms with E-state index in [1.54, 1.807) is 16.3 Å². The maximum absolute atomic E-state index is 12.3. The number of thiophene rings is 1. The molecular formula is C11H13F2NO2S2. The minimum Gasteiger partial charge on any atom is -0.396 e. The molecule has 1 N–H and O–H groups in total. The zero-order valence-corrected chi connectivity index (χ0v) is 11.1. The number of amides is 1. The number of alkyl halides is 2. The van der Waals surface area contributed by atoms with Gasteiger partial charge in [0.1, 0.15) is 4.88 Å². The molecule has 0 aromatic carbocycles. The number of aliphatic hydroxyl groups excluding tert-OH is 1. The Hall–Kier alpha value is -0.660. The molecule has 1 aromatic heterocycles. The highest BCUT2D eigenvalue weighted by atomic mass is 32.2. The molecular weight excluding hydrogens is 280 g/mol. The molecule has 0 spiro atoms. The zero-order valence-electron chi connectivity index (χ0n) is 9.51. The van der Waals surface area contributed by atoms with Crippen molar-refractivity contribution in [3.63, 3.8) is 0 Å². The molecule has 2 heterocycles. The van der Waals surface area contributed by atoms with Gasteiger partial charge in [0.25, 0.3) is 11.7 Å². The van der Waals surface area contributed by atoms with Crippen LogP contribution in [-0.2, 0) is 0 Å². The Morgan fingerprint density at radius 1 is 1.67 bits per heavy atom. The number of rotatable bonds is 4. The number of halogens is 2. The third-order valence-corrected chi connectivity index (χ3v) is 4.67. The topological polar surface area (TPSA) is 40.5 Å². The number of likely N-dealkylation sites (tertiary alicyclic amines) is 1. The molecule has 0 saturated carbocycles. The molecule has 3 nitrogen and oxygen atoms in total. The predicted octanol–water partition coefficient (Wildman–Crippen LogP) is 2.52. The van der Waals surface area contributed by atoms with Crippen molar-refractivity contribution in [2.75, 3.05) is 19.7 Å². The van der Waals surface area contributed by atoms with Crippen LogP contribution in [0.2, 0.25) is 0 Å². The fourth-order valence-electron chi connectivity index (χ4n) is 1.95. The first-order chi connectivity index (χ1) is 8.61. The van der Waals surface area contributed by atoms with Crippen LogP contribution in [0.25, 0.3) is 0 Å². The Bertz CT molecular complexity index is 425. The van der Waals surface area contributed by atoms with E-state index >= 15 is 0 Å². The molecule has 1 amide bonds. The summed E-state index contributed by atoms with van der Waals surface area (Å²) < 4.78 is 24.7. The van der Waals surface area contributed by atoms with Gasteiger partial charge in [-0.25, -0.2) is 0 Å². The lowest BCUT2D eigenvalue weighted by Gasteiger charge is -2.16. The first-order valence-electron chi connectivity index (χ1n) is 5.54. The summed E-state index contributed by atoms with van der Waals surface area (Å²) in [7, 11) is 0. The lowest BCUT2D eigenvalue weighted by molar-refractivity contribution is 0.0783. The summed E-state index contributed by atoms with van der Waals surface area (Å²) in [5, 5.41) is 10.7. The molecule has 0 radical (unpaired) electrons. The molecule has 1 aliphatic rings. The average Bonchev–Trinajstić information content (AvgIpc) is 2.95. The van der Waals surface area contributed by atoms with Gasteiger partial charge >= 0.3 is 0 Å². The van der Waals surface area contributed by atoms with Crippen molar-refractivity contribution in [1.82, 2.24) is 4.90 Å². The summed E-state index contributed by atoms with van der Waals surface area (Å²) in [6.45, 7) is 1.15. The van der Waals surface area contributed by atoms with Crippen molar-refractivity contribution in [3.05, 3.63) is 16.3 Å². The molecule has 1 aliphatic heterocycles. The van der Waals surface area contributed by atoms with Crippen LogP contribution in [0.15, 0.2) is 16.3 Å². The number of carbonyl (C=O) groups excluding carboxylic acids is 1. The van der Waals surface area contributed by atoms with E-state index < -0.39 is 5.76 Å². The van der Waals surface area contributed by atoms with Crippen LogP contribution in [-0.4, -0.2) is 41.4 Å². The number of aliphatic hydroxyl groups is 1. The van der Waals surface area contributed by atoms with Crippen molar-refractivity contribution in [2.45, 2.75) is 17.1 Å². The van der Waals surface area contributed by atoms with Gasteiger partial charge < -0.3 is 10.0 Å². The van der Waals surface area contributed by atoms with Crippen LogP contribution in [0.4, 0.5) is 8.78 Å². The number of hydrogen-bond acceptors (Lipinski definition) is 4. The molecule has 0 bridgehead atoms. The maximum Gasteiger partial charge on any atom is 0.288 e. The van der Waals surface area contributed by atoms with Crippen LogP contribution in [0.1, 0.15) is 16.1 Å². The summed E-state index contributed by atoms with van der Waals surface area (Å²) >= 11 is 1.59. The lowest BCUT2D eigenvalue weighted by atomic mass is 10.1. The summed E-state index contributed by atoms with van der Waals surface area (Å²) in [5.41, 5.74) is 0. The first-order valence-corrected chi connectivity index (χ1v) is 7.30. The number of carbonyl (C=O) groups is 1. The monoisotopic (exact) mass is 293 g/mol. The van der Waals surface area contributed by atoms with Crippen molar-refractivity contribution in [3.8, 4) is 0 Å². The number of thioether (sulfide) groups is 1. The van der Waals surface area contributed by atoms with E-state index in [-0.39, 0.29) is 18.4 Å². The van der Waals surface area contributed by atoms with E-state index in [4.69, 9.17) is 5.11 Å². The van der Waals surface area contributed by atoms with Crippen molar-refractivity contribution in [1.29, 1.82) is 0 Å². The van der Waals surface area contributed by atoms with Crippen LogP contribution in [0, 0.1) is 5.92 Å². The molecule has 18 heavy (non-hydrogen) atoms. The molecule has 7 heteroatoms.